The summed E-state index contributed by atoms with van der Waals surface area (Å²) in [5.41, 5.74) is 0. The van der Waals surface area contributed by atoms with Crippen LogP contribution in [0.1, 0.15) is 387 Å². The predicted molar refractivity (Wildman–Crippen MR) is 349 cm³/mol. The van der Waals surface area contributed by atoms with E-state index in [1.165, 1.54) is 263 Å². The van der Waals surface area contributed by atoms with Gasteiger partial charge in [0.2, 0.25) is 0 Å². The Hall–Kier alpha value is -2.63. The molecular formula is C74H136O6. The minimum Gasteiger partial charge on any atom is -0.462 e. The minimum atomic E-state index is -0.768. The fourth-order valence-corrected chi connectivity index (χ4v) is 10.8. The van der Waals surface area contributed by atoms with Crippen LogP contribution in [0.5, 0.6) is 0 Å². The van der Waals surface area contributed by atoms with Crippen LogP contribution in [0.15, 0.2) is 48.6 Å². The van der Waals surface area contributed by atoms with E-state index in [-0.39, 0.29) is 31.1 Å². The molecule has 0 aromatic carbocycles. The van der Waals surface area contributed by atoms with Gasteiger partial charge in [-0.1, -0.05) is 358 Å². The smallest absolute Gasteiger partial charge is 0.306 e. The lowest BCUT2D eigenvalue weighted by atomic mass is 10.0. The van der Waals surface area contributed by atoms with E-state index in [1.807, 2.05) is 0 Å². The van der Waals surface area contributed by atoms with Crippen molar-refractivity contribution < 1.29 is 28.6 Å². The SMILES string of the molecule is CC/C=C\C/C=C\C/C=C\C/C=C\CCCCCCCCCCCCCCCCCCC(=O)OCC(COC(=O)CCCCCCCCCCCCC)OC(=O)CCCCCCCCCCCCCCCCCCCCCCCC. The molecule has 0 N–H and O–H groups in total. The lowest BCUT2D eigenvalue weighted by Gasteiger charge is -2.18. The predicted octanol–water partition coefficient (Wildman–Crippen LogP) is 24.5. The molecule has 0 aromatic rings. The van der Waals surface area contributed by atoms with E-state index in [0.717, 1.165) is 83.5 Å². The van der Waals surface area contributed by atoms with Crippen LogP contribution in [0.3, 0.4) is 0 Å². The van der Waals surface area contributed by atoms with Gasteiger partial charge in [0, 0.05) is 19.3 Å². The maximum Gasteiger partial charge on any atom is 0.306 e. The summed E-state index contributed by atoms with van der Waals surface area (Å²) in [6.45, 7) is 6.59. The first-order valence-corrected chi connectivity index (χ1v) is 35.6. The second kappa shape index (κ2) is 68.9. The molecule has 0 fully saturated rings. The number of hydrogen-bond acceptors (Lipinski definition) is 6. The average molecular weight is 1120 g/mol. The van der Waals surface area contributed by atoms with E-state index in [0.29, 0.717) is 19.3 Å². The van der Waals surface area contributed by atoms with Crippen LogP contribution in [0, 0.1) is 0 Å². The minimum absolute atomic E-state index is 0.0656. The second-order valence-corrected chi connectivity index (χ2v) is 24.1. The van der Waals surface area contributed by atoms with Gasteiger partial charge >= 0.3 is 17.9 Å². The third-order valence-electron chi connectivity index (χ3n) is 16.1. The van der Waals surface area contributed by atoms with Gasteiger partial charge in [-0.3, -0.25) is 14.4 Å². The number of unbranched alkanes of at least 4 members (excludes halogenated alkanes) is 47. The van der Waals surface area contributed by atoms with Crippen molar-refractivity contribution in [1.29, 1.82) is 0 Å². The lowest BCUT2D eigenvalue weighted by Crippen LogP contribution is -2.30. The Kier molecular flexibility index (Phi) is 66.6. The quantitative estimate of drug-likeness (QED) is 0.0261. The van der Waals surface area contributed by atoms with Crippen LogP contribution in [-0.4, -0.2) is 37.2 Å². The number of allylic oxidation sites excluding steroid dienone is 8. The normalized spacial score (nSPS) is 12.3. The molecule has 468 valence electrons. The summed E-state index contributed by atoms with van der Waals surface area (Å²) in [5, 5.41) is 0. The highest BCUT2D eigenvalue weighted by molar-refractivity contribution is 5.71. The molecule has 0 saturated carbocycles. The summed E-state index contributed by atoms with van der Waals surface area (Å²) in [4.78, 5) is 38.4. The molecule has 0 rings (SSSR count). The van der Waals surface area contributed by atoms with Crippen molar-refractivity contribution in [3.8, 4) is 0 Å². The monoisotopic (exact) mass is 1120 g/mol. The molecule has 0 aliphatic carbocycles. The van der Waals surface area contributed by atoms with Crippen molar-refractivity contribution in [3.63, 3.8) is 0 Å². The number of carbonyl (C=O) groups excluding carboxylic acids is 3. The molecule has 1 unspecified atom stereocenters. The Labute approximate surface area is 498 Å². The molecular weight excluding hydrogens is 985 g/mol. The third kappa shape index (κ3) is 66.2. The Morgan fingerprint density at radius 2 is 0.487 bits per heavy atom. The number of esters is 3. The zero-order chi connectivity index (χ0) is 57.8. The highest BCUT2D eigenvalue weighted by Crippen LogP contribution is 2.19. The fourth-order valence-electron chi connectivity index (χ4n) is 10.8. The Balaban J connectivity index is 4.15. The first-order valence-electron chi connectivity index (χ1n) is 35.6. The molecule has 0 heterocycles. The van der Waals surface area contributed by atoms with Gasteiger partial charge in [0.25, 0.3) is 0 Å². The molecule has 0 aliphatic heterocycles. The number of ether oxygens (including phenoxy) is 3. The van der Waals surface area contributed by atoms with E-state index in [4.69, 9.17) is 14.2 Å². The molecule has 1 atom stereocenters. The molecule has 0 spiro atoms. The van der Waals surface area contributed by atoms with Crippen molar-refractivity contribution >= 4 is 17.9 Å². The summed E-state index contributed by atoms with van der Waals surface area (Å²) >= 11 is 0. The van der Waals surface area contributed by atoms with Gasteiger partial charge in [-0.2, -0.15) is 0 Å². The van der Waals surface area contributed by atoms with Crippen molar-refractivity contribution in [1.82, 2.24) is 0 Å². The maximum atomic E-state index is 12.9. The van der Waals surface area contributed by atoms with Gasteiger partial charge in [-0.05, 0) is 57.8 Å². The maximum absolute atomic E-state index is 12.9. The summed E-state index contributed by atoms with van der Waals surface area (Å²) < 4.78 is 17.0. The lowest BCUT2D eigenvalue weighted by molar-refractivity contribution is -0.167. The van der Waals surface area contributed by atoms with Gasteiger partial charge in [-0.25, -0.2) is 0 Å². The van der Waals surface area contributed by atoms with E-state index in [2.05, 4.69) is 69.4 Å². The molecule has 0 saturated heterocycles. The van der Waals surface area contributed by atoms with E-state index in [9.17, 15) is 14.4 Å². The van der Waals surface area contributed by atoms with Gasteiger partial charge in [0.1, 0.15) is 13.2 Å². The highest BCUT2D eigenvalue weighted by Gasteiger charge is 2.19. The summed E-state index contributed by atoms with van der Waals surface area (Å²) in [6, 6.07) is 0. The van der Waals surface area contributed by atoms with Crippen LogP contribution in [0.25, 0.3) is 0 Å². The van der Waals surface area contributed by atoms with Crippen LogP contribution < -0.4 is 0 Å². The fraction of sp³-hybridized carbons (Fsp3) is 0.851. The first-order chi connectivity index (χ1) is 39.5. The molecule has 0 bridgehead atoms. The first kappa shape index (κ1) is 77.4. The van der Waals surface area contributed by atoms with E-state index < -0.39 is 6.10 Å². The van der Waals surface area contributed by atoms with E-state index in [1.54, 1.807) is 0 Å². The summed E-state index contributed by atoms with van der Waals surface area (Å²) in [5.74, 6) is -0.837. The zero-order valence-electron chi connectivity index (χ0n) is 53.9. The Bertz CT molecular complexity index is 1380. The second-order valence-electron chi connectivity index (χ2n) is 24.1. The molecule has 0 aromatic heterocycles. The molecule has 80 heavy (non-hydrogen) atoms. The van der Waals surface area contributed by atoms with Crippen molar-refractivity contribution in [2.24, 2.45) is 0 Å². The summed E-state index contributed by atoms with van der Waals surface area (Å²) in [6.07, 6.45) is 87.2. The zero-order valence-corrected chi connectivity index (χ0v) is 53.9. The standard InChI is InChI=1S/C74H136O6/c1-4-7-10-13-16-19-22-24-26-28-30-32-34-35-36-37-38-39-40-42-43-45-47-49-52-55-58-61-64-67-73(76)79-70-71(69-78-72(75)66-63-60-57-54-51-21-18-15-12-9-6-3)80-74(77)68-65-62-59-56-53-50-48-46-44-41-33-31-29-27-25-23-20-17-14-11-8-5-2/h7,10,16,19,24,26,30,32,71H,4-6,8-9,11-15,17-18,20-23,25,27-29,31,33-70H2,1-3H3/b10-7-,19-16-,26-24-,32-30-. The number of rotatable bonds is 66. The molecule has 0 radical (unpaired) electrons. The summed E-state index contributed by atoms with van der Waals surface area (Å²) in [7, 11) is 0. The van der Waals surface area contributed by atoms with Crippen molar-refractivity contribution in [2.75, 3.05) is 13.2 Å². The highest BCUT2D eigenvalue weighted by atomic mass is 16.6. The Morgan fingerprint density at radius 1 is 0.263 bits per heavy atom. The third-order valence-corrected chi connectivity index (χ3v) is 16.1. The Morgan fingerprint density at radius 3 is 0.762 bits per heavy atom. The molecule has 0 amide bonds. The van der Waals surface area contributed by atoms with Gasteiger partial charge in [0.05, 0.1) is 0 Å². The number of carbonyl (C=O) groups is 3. The van der Waals surface area contributed by atoms with Crippen molar-refractivity contribution in [3.05, 3.63) is 48.6 Å². The van der Waals surface area contributed by atoms with Crippen LogP contribution >= 0.6 is 0 Å². The number of hydrogen-bond donors (Lipinski definition) is 0. The van der Waals surface area contributed by atoms with Crippen LogP contribution in [0.2, 0.25) is 0 Å². The van der Waals surface area contributed by atoms with Crippen molar-refractivity contribution in [2.45, 2.75) is 393 Å². The van der Waals surface area contributed by atoms with E-state index >= 15 is 0 Å². The average Bonchev–Trinajstić information content (AvgIpc) is 3.46. The van der Waals surface area contributed by atoms with Crippen LogP contribution in [-0.2, 0) is 28.6 Å². The largest absolute Gasteiger partial charge is 0.462 e. The molecule has 0 aliphatic rings. The van der Waals surface area contributed by atoms with Gasteiger partial charge < -0.3 is 14.2 Å². The van der Waals surface area contributed by atoms with Gasteiger partial charge in [-0.15, -0.1) is 0 Å². The van der Waals surface area contributed by atoms with Gasteiger partial charge in [0.15, 0.2) is 6.10 Å². The van der Waals surface area contributed by atoms with Crippen LogP contribution in [0.4, 0.5) is 0 Å². The topological polar surface area (TPSA) is 78.9 Å². The molecule has 6 nitrogen and oxygen atoms in total. The molecule has 6 heteroatoms.